The van der Waals surface area contributed by atoms with Crippen molar-refractivity contribution in [1.82, 2.24) is 4.90 Å². The highest BCUT2D eigenvalue weighted by Crippen LogP contribution is 2.62. The summed E-state index contributed by atoms with van der Waals surface area (Å²) in [5, 5.41) is 0. The van der Waals surface area contributed by atoms with E-state index < -0.39 is 11.0 Å². The quantitative estimate of drug-likeness (QED) is 0.411. The lowest BCUT2D eigenvalue weighted by molar-refractivity contribution is -0.166. The molecule has 2 aliphatic heterocycles. The number of amides is 1. The van der Waals surface area contributed by atoms with Gasteiger partial charge in [-0.2, -0.15) is 0 Å². The molecule has 4 aromatic carbocycles. The Morgan fingerprint density at radius 2 is 1.06 bits per heavy atom. The molecule has 2 heterocycles. The highest BCUT2D eigenvalue weighted by molar-refractivity contribution is 6.20. The van der Waals surface area contributed by atoms with Crippen molar-refractivity contribution in [2.75, 3.05) is 13.1 Å². The average molecular weight is 429 g/mol. The van der Waals surface area contributed by atoms with Crippen LogP contribution >= 0.6 is 0 Å². The van der Waals surface area contributed by atoms with Gasteiger partial charge in [-0.15, -0.1) is 0 Å². The van der Waals surface area contributed by atoms with E-state index in [-0.39, 0.29) is 5.91 Å². The van der Waals surface area contributed by atoms with Crippen molar-refractivity contribution >= 4 is 11.6 Å². The first-order valence-electron chi connectivity index (χ1n) is 11.4. The largest absolute Gasteiger partial charge is 0.322 e. The molecule has 6 rings (SSSR count). The van der Waals surface area contributed by atoms with E-state index in [2.05, 4.69) is 65.6 Å². The van der Waals surface area contributed by atoms with Gasteiger partial charge in [-0.05, 0) is 22.3 Å². The van der Waals surface area contributed by atoms with E-state index >= 15 is 0 Å². The van der Waals surface area contributed by atoms with Gasteiger partial charge in [-0.25, -0.2) is 0 Å². The van der Waals surface area contributed by atoms with Gasteiger partial charge in [0.05, 0.1) is 12.3 Å². The maximum Gasteiger partial charge on any atom is 0.242 e. The third kappa shape index (κ3) is 2.51. The molecule has 1 atom stereocenters. The Balaban J connectivity index is 1.77. The molecule has 2 aliphatic rings. The maximum atomic E-state index is 14.3. The molecule has 0 saturated carbocycles. The highest BCUT2D eigenvalue weighted by atomic mass is 16.2. The van der Waals surface area contributed by atoms with Crippen molar-refractivity contribution in [2.24, 2.45) is 4.99 Å². The van der Waals surface area contributed by atoms with E-state index in [1.54, 1.807) is 0 Å². The number of carbonyl (C=O) groups excluding carboxylic acids is 1. The minimum absolute atomic E-state index is 0.132. The van der Waals surface area contributed by atoms with Crippen LogP contribution in [0.5, 0.6) is 0 Å². The maximum absolute atomic E-state index is 14.3. The van der Waals surface area contributed by atoms with Gasteiger partial charge in [-0.3, -0.25) is 9.79 Å². The zero-order chi connectivity index (χ0) is 22.3. The van der Waals surface area contributed by atoms with Gasteiger partial charge in [0.15, 0.2) is 0 Å². The summed E-state index contributed by atoms with van der Waals surface area (Å²) in [6.07, 6.45) is 0. The summed E-state index contributed by atoms with van der Waals surface area (Å²) < 4.78 is 0. The summed E-state index contributed by atoms with van der Waals surface area (Å²) >= 11 is 0. The molecule has 1 unspecified atom stereocenters. The number of hydrogen-bond donors (Lipinski definition) is 0. The van der Waals surface area contributed by atoms with E-state index in [1.807, 2.05) is 60.7 Å². The summed E-state index contributed by atoms with van der Waals surface area (Å²) in [5.41, 5.74) is 3.42. The van der Waals surface area contributed by atoms with Crippen LogP contribution < -0.4 is 0 Å². The Morgan fingerprint density at radius 1 is 0.606 bits per heavy atom. The van der Waals surface area contributed by atoms with Crippen LogP contribution in [0.1, 0.15) is 22.3 Å². The molecule has 1 saturated heterocycles. The minimum atomic E-state index is -0.911. The van der Waals surface area contributed by atoms with Crippen molar-refractivity contribution in [2.45, 2.75) is 11.0 Å². The SMILES string of the molecule is O=C1N2CCN=C(c3ccccc3)C2(c2ccccc2)C1(c1ccccc1)c1ccccc1. The van der Waals surface area contributed by atoms with Crippen molar-refractivity contribution < 1.29 is 4.79 Å². The molecule has 0 bridgehead atoms. The summed E-state index contributed by atoms with van der Waals surface area (Å²) in [6, 6.07) is 41.2. The van der Waals surface area contributed by atoms with E-state index in [9.17, 15) is 4.79 Å². The van der Waals surface area contributed by atoms with Crippen LogP contribution in [0.15, 0.2) is 126 Å². The summed E-state index contributed by atoms with van der Waals surface area (Å²) in [6.45, 7) is 1.20. The number of rotatable bonds is 4. The zero-order valence-corrected chi connectivity index (χ0v) is 18.3. The average Bonchev–Trinajstić information content (AvgIpc) is 2.90. The lowest BCUT2D eigenvalue weighted by atomic mass is 9.48. The molecule has 1 fully saturated rings. The van der Waals surface area contributed by atoms with Crippen LogP contribution in [-0.4, -0.2) is 29.6 Å². The molecule has 0 N–H and O–H groups in total. The molecule has 0 aliphatic carbocycles. The predicted octanol–water partition coefficient (Wildman–Crippen LogP) is 5.21. The highest BCUT2D eigenvalue weighted by Gasteiger charge is 2.75. The summed E-state index contributed by atoms with van der Waals surface area (Å²) in [4.78, 5) is 21.5. The standard InChI is InChI=1S/C30H24N2O/c33-28-29(24-15-7-2-8-16-24,25-17-9-3-10-18-25)30(26-19-11-4-12-20-26)27(31-21-22-32(28)30)23-13-5-1-6-14-23/h1-20H,21-22H2. The van der Waals surface area contributed by atoms with Gasteiger partial charge in [0.25, 0.3) is 0 Å². The molecule has 3 nitrogen and oxygen atoms in total. The third-order valence-corrected chi connectivity index (χ3v) is 7.10. The molecule has 0 spiro atoms. The number of carbonyl (C=O) groups is 1. The number of fused-ring (bicyclic) bond motifs is 1. The van der Waals surface area contributed by atoms with Crippen molar-refractivity contribution in [3.63, 3.8) is 0 Å². The van der Waals surface area contributed by atoms with Crippen LogP contribution in [-0.2, 0) is 15.7 Å². The number of nitrogens with zero attached hydrogens (tertiary/aromatic N) is 2. The van der Waals surface area contributed by atoms with Crippen LogP contribution in [0.25, 0.3) is 0 Å². The fourth-order valence-corrected chi connectivity index (χ4v) is 5.90. The van der Waals surface area contributed by atoms with Crippen LogP contribution in [0.2, 0.25) is 0 Å². The van der Waals surface area contributed by atoms with Gasteiger partial charge < -0.3 is 4.90 Å². The smallest absolute Gasteiger partial charge is 0.242 e. The van der Waals surface area contributed by atoms with E-state index in [4.69, 9.17) is 4.99 Å². The molecule has 160 valence electrons. The Bertz CT molecular complexity index is 1280. The van der Waals surface area contributed by atoms with Gasteiger partial charge in [0.2, 0.25) is 5.91 Å². The van der Waals surface area contributed by atoms with Crippen molar-refractivity contribution in [3.8, 4) is 0 Å². The Hall–Kier alpha value is -3.98. The number of β-lactam (4-membered cyclic amide) rings is 1. The summed E-state index contributed by atoms with van der Waals surface area (Å²) in [7, 11) is 0. The van der Waals surface area contributed by atoms with E-state index in [0.717, 1.165) is 28.0 Å². The number of hydrogen-bond acceptors (Lipinski definition) is 2. The van der Waals surface area contributed by atoms with Crippen LogP contribution in [0, 0.1) is 0 Å². The van der Waals surface area contributed by atoms with Crippen molar-refractivity contribution in [1.29, 1.82) is 0 Å². The van der Waals surface area contributed by atoms with Gasteiger partial charge in [-0.1, -0.05) is 121 Å². The Kier molecular flexibility index (Phi) is 4.51. The monoisotopic (exact) mass is 428 g/mol. The topological polar surface area (TPSA) is 32.7 Å². The predicted molar refractivity (Wildman–Crippen MR) is 131 cm³/mol. The first kappa shape index (κ1) is 19.7. The molecule has 33 heavy (non-hydrogen) atoms. The second-order valence-electron chi connectivity index (χ2n) is 8.61. The Morgan fingerprint density at radius 3 is 1.58 bits per heavy atom. The lowest BCUT2D eigenvalue weighted by Crippen LogP contribution is -2.82. The van der Waals surface area contributed by atoms with Crippen LogP contribution in [0.4, 0.5) is 0 Å². The van der Waals surface area contributed by atoms with Gasteiger partial charge in [0, 0.05) is 6.54 Å². The molecule has 4 aromatic rings. The molecule has 0 radical (unpaired) electrons. The molecular weight excluding hydrogens is 404 g/mol. The Labute approximate surface area is 194 Å². The van der Waals surface area contributed by atoms with Crippen molar-refractivity contribution in [3.05, 3.63) is 144 Å². The first-order valence-corrected chi connectivity index (χ1v) is 11.4. The summed E-state index contributed by atoms with van der Waals surface area (Å²) in [5.74, 6) is 0.132. The second-order valence-corrected chi connectivity index (χ2v) is 8.61. The number of benzene rings is 4. The second kappa shape index (κ2) is 7.56. The minimum Gasteiger partial charge on any atom is -0.322 e. The molecule has 1 amide bonds. The first-order chi connectivity index (χ1) is 16.3. The van der Waals surface area contributed by atoms with E-state index in [1.165, 1.54) is 0 Å². The molecule has 3 heteroatoms. The fourth-order valence-electron chi connectivity index (χ4n) is 5.90. The normalized spacial score (nSPS) is 21.0. The van der Waals surface area contributed by atoms with Gasteiger partial charge in [0.1, 0.15) is 11.0 Å². The lowest BCUT2D eigenvalue weighted by Gasteiger charge is -2.67. The molecule has 0 aromatic heterocycles. The number of aliphatic imine (C=N–C) groups is 1. The third-order valence-electron chi connectivity index (χ3n) is 7.10. The van der Waals surface area contributed by atoms with E-state index in [0.29, 0.717) is 13.1 Å². The van der Waals surface area contributed by atoms with Gasteiger partial charge >= 0.3 is 0 Å². The zero-order valence-electron chi connectivity index (χ0n) is 18.3. The molecular formula is C30H24N2O. The fraction of sp³-hybridized carbons (Fsp3) is 0.133. The van der Waals surface area contributed by atoms with Crippen LogP contribution in [0.3, 0.4) is 0 Å².